The standard InChI is InChI=1S/C14H11Cl2N/c1-10-2-4-11(5-3-10)9-17-14-7-6-12(15)8-13(14)16/h2-9H,1H3. The number of halogens is 2. The largest absolute Gasteiger partial charge is 0.255 e. The monoisotopic (exact) mass is 263 g/mol. The number of benzene rings is 2. The normalized spacial score (nSPS) is 11.0. The summed E-state index contributed by atoms with van der Waals surface area (Å²) in [4.78, 5) is 4.33. The molecule has 0 heterocycles. The van der Waals surface area contributed by atoms with Crippen molar-refractivity contribution in [2.75, 3.05) is 0 Å². The van der Waals surface area contributed by atoms with Crippen LogP contribution in [0.1, 0.15) is 11.1 Å². The van der Waals surface area contributed by atoms with Gasteiger partial charge in [-0.25, -0.2) is 0 Å². The summed E-state index contributed by atoms with van der Waals surface area (Å²) < 4.78 is 0. The van der Waals surface area contributed by atoms with Gasteiger partial charge in [0.2, 0.25) is 0 Å². The van der Waals surface area contributed by atoms with Gasteiger partial charge in [-0.1, -0.05) is 53.0 Å². The van der Waals surface area contributed by atoms with Gasteiger partial charge in [0.25, 0.3) is 0 Å². The Hall–Kier alpha value is -1.31. The van der Waals surface area contributed by atoms with Crippen molar-refractivity contribution in [3.63, 3.8) is 0 Å². The van der Waals surface area contributed by atoms with Gasteiger partial charge in [-0.2, -0.15) is 0 Å². The molecule has 0 unspecified atom stereocenters. The molecule has 86 valence electrons. The van der Waals surface area contributed by atoms with Crippen LogP contribution in [0.3, 0.4) is 0 Å². The van der Waals surface area contributed by atoms with Crippen molar-refractivity contribution >= 4 is 35.1 Å². The third-order valence-electron chi connectivity index (χ3n) is 2.34. The molecule has 0 aliphatic heterocycles. The van der Waals surface area contributed by atoms with Crippen molar-refractivity contribution < 1.29 is 0 Å². The lowest BCUT2D eigenvalue weighted by molar-refractivity contribution is 1.46. The van der Waals surface area contributed by atoms with Crippen LogP contribution >= 0.6 is 23.2 Å². The first-order chi connectivity index (χ1) is 8.15. The number of hydrogen-bond acceptors (Lipinski definition) is 1. The van der Waals surface area contributed by atoms with Crippen molar-refractivity contribution in [3.8, 4) is 0 Å². The molecular formula is C14H11Cl2N. The molecule has 17 heavy (non-hydrogen) atoms. The summed E-state index contributed by atoms with van der Waals surface area (Å²) in [5, 5.41) is 1.17. The summed E-state index contributed by atoms with van der Waals surface area (Å²) in [6.45, 7) is 2.05. The second kappa shape index (κ2) is 5.35. The second-order valence-electron chi connectivity index (χ2n) is 3.76. The first-order valence-corrected chi connectivity index (χ1v) is 5.96. The minimum atomic E-state index is 0.556. The average molecular weight is 264 g/mol. The first-order valence-electron chi connectivity index (χ1n) is 5.21. The SMILES string of the molecule is Cc1ccc(C=Nc2ccc(Cl)cc2Cl)cc1. The molecule has 0 spiro atoms. The molecule has 2 aromatic rings. The molecule has 0 saturated carbocycles. The van der Waals surface area contributed by atoms with Gasteiger partial charge in [-0.15, -0.1) is 0 Å². The van der Waals surface area contributed by atoms with Gasteiger partial charge in [0.15, 0.2) is 0 Å². The van der Waals surface area contributed by atoms with Gasteiger partial charge >= 0.3 is 0 Å². The lowest BCUT2D eigenvalue weighted by atomic mass is 10.2. The highest BCUT2D eigenvalue weighted by atomic mass is 35.5. The maximum absolute atomic E-state index is 6.02. The molecule has 0 aliphatic rings. The van der Waals surface area contributed by atoms with Crippen molar-refractivity contribution in [2.45, 2.75) is 6.92 Å². The summed E-state index contributed by atoms with van der Waals surface area (Å²) in [5.74, 6) is 0. The van der Waals surface area contributed by atoms with E-state index in [-0.39, 0.29) is 0 Å². The summed E-state index contributed by atoms with van der Waals surface area (Å²) in [7, 11) is 0. The summed E-state index contributed by atoms with van der Waals surface area (Å²) >= 11 is 11.8. The van der Waals surface area contributed by atoms with Crippen molar-refractivity contribution in [2.24, 2.45) is 4.99 Å². The van der Waals surface area contributed by atoms with E-state index in [1.54, 1.807) is 24.4 Å². The number of nitrogens with zero attached hydrogens (tertiary/aromatic N) is 1. The Morgan fingerprint density at radius 1 is 1.00 bits per heavy atom. The maximum atomic E-state index is 6.02. The molecule has 0 saturated heterocycles. The van der Waals surface area contributed by atoms with Crippen LogP contribution in [-0.4, -0.2) is 6.21 Å². The van der Waals surface area contributed by atoms with Gasteiger partial charge in [-0.3, -0.25) is 4.99 Å². The predicted molar refractivity (Wildman–Crippen MR) is 74.9 cm³/mol. The fourth-order valence-corrected chi connectivity index (χ4v) is 1.84. The molecule has 2 aromatic carbocycles. The zero-order valence-electron chi connectivity index (χ0n) is 9.32. The molecule has 0 aliphatic carbocycles. The minimum absolute atomic E-state index is 0.556. The molecule has 0 radical (unpaired) electrons. The Balaban J connectivity index is 2.23. The van der Waals surface area contributed by atoms with Crippen LogP contribution in [0.5, 0.6) is 0 Å². The number of aryl methyl sites for hydroxylation is 1. The van der Waals surface area contributed by atoms with E-state index in [1.165, 1.54) is 5.56 Å². The van der Waals surface area contributed by atoms with E-state index in [1.807, 2.05) is 24.3 Å². The van der Waals surface area contributed by atoms with E-state index >= 15 is 0 Å². The molecule has 1 nitrogen and oxygen atoms in total. The summed E-state index contributed by atoms with van der Waals surface area (Å²) in [6, 6.07) is 13.4. The third-order valence-corrected chi connectivity index (χ3v) is 2.88. The quantitative estimate of drug-likeness (QED) is 0.673. The van der Waals surface area contributed by atoms with E-state index in [0.29, 0.717) is 10.0 Å². The van der Waals surface area contributed by atoms with Crippen LogP contribution in [0.15, 0.2) is 47.5 Å². The van der Waals surface area contributed by atoms with Crippen LogP contribution in [-0.2, 0) is 0 Å². The van der Waals surface area contributed by atoms with Crippen molar-refractivity contribution in [1.82, 2.24) is 0 Å². The maximum Gasteiger partial charge on any atom is 0.0817 e. The smallest absolute Gasteiger partial charge is 0.0817 e. The molecule has 0 N–H and O–H groups in total. The van der Waals surface area contributed by atoms with Gasteiger partial charge in [0.05, 0.1) is 10.7 Å². The van der Waals surface area contributed by atoms with Gasteiger partial charge in [0.1, 0.15) is 0 Å². The molecule has 0 atom stereocenters. The lowest BCUT2D eigenvalue weighted by Gasteiger charge is -1.98. The van der Waals surface area contributed by atoms with E-state index in [0.717, 1.165) is 11.3 Å². The van der Waals surface area contributed by atoms with Crippen LogP contribution in [0.4, 0.5) is 5.69 Å². The summed E-state index contributed by atoms with van der Waals surface area (Å²) in [6.07, 6.45) is 1.79. The highest BCUT2D eigenvalue weighted by Crippen LogP contribution is 2.27. The zero-order chi connectivity index (χ0) is 12.3. The first kappa shape index (κ1) is 12.2. The van der Waals surface area contributed by atoms with Gasteiger partial charge < -0.3 is 0 Å². The van der Waals surface area contributed by atoms with Crippen LogP contribution in [0.25, 0.3) is 0 Å². The lowest BCUT2D eigenvalue weighted by Crippen LogP contribution is -1.80. The van der Waals surface area contributed by atoms with E-state index in [4.69, 9.17) is 23.2 Å². The second-order valence-corrected chi connectivity index (χ2v) is 4.61. The van der Waals surface area contributed by atoms with Crippen molar-refractivity contribution in [3.05, 3.63) is 63.6 Å². The summed E-state index contributed by atoms with van der Waals surface area (Å²) in [5.41, 5.74) is 2.99. The molecule has 0 fully saturated rings. The van der Waals surface area contributed by atoms with Crippen LogP contribution < -0.4 is 0 Å². The Morgan fingerprint density at radius 2 is 1.71 bits per heavy atom. The molecular weight excluding hydrogens is 253 g/mol. The number of hydrogen-bond donors (Lipinski definition) is 0. The van der Waals surface area contributed by atoms with Gasteiger partial charge in [0, 0.05) is 11.2 Å². The zero-order valence-corrected chi connectivity index (χ0v) is 10.8. The van der Waals surface area contributed by atoms with E-state index < -0.39 is 0 Å². The Bertz CT molecular complexity index is 545. The molecule has 0 amide bonds. The molecule has 2 rings (SSSR count). The van der Waals surface area contributed by atoms with Crippen molar-refractivity contribution in [1.29, 1.82) is 0 Å². The highest BCUT2D eigenvalue weighted by molar-refractivity contribution is 6.36. The molecule has 0 bridgehead atoms. The van der Waals surface area contributed by atoms with Gasteiger partial charge in [-0.05, 0) is 30.7 Å². The Kier molecular flexibility index (Phi) is 3.82. The predicted octanol–water partition coefficient (Wildman–Crippen LogP) is 5.05. The van der Waals surface area contributed by atoms with Crippen LogP contribution in [0.2, 0.25) is 10.0 Å². The minimum Gasteiger partial charge on any atom is -0.255 e. The van der Waals surface area contributed by atoms with E-state index in [2.05, 4.69) is 11.9 Å². The Morgan fingerprint density at radius 3 is 2.35 bits per heavy atom. The highest BCUT2D eigenvalue weighted by Gasteiger charge is 1.98. The van der Waals surface area contributed by atoms with Crippen LogP contribution in [0, 0.1) is 6.92 Å². The molecule has 0 aromatic heterocycles. The topological polar surface area (TPSA) is 12.4 Å². The third kappa shape index (κ3) is 3.32. The number of aliphatic imine (C=N–C) groups is 1. The number of rotatable bonds is 2. The molecule has 3 heteroatoms. The fourth-order valence-electron chi connectivity index (χ4n) is 1.38. The average Bonchev–Trinajstić information content (AvgIpc) is 2.30. The Labute approximate surface area is 111 Å². The van der Waals surface area contributed by atoms with E-state index in [9.17, 15) is 0 Å². The fraction of sp³-hybridized carbons (Fsp3) is 0.0714.